The standard InChI is InChI=1S/C25H21N3O2/c1-13-9-19-20(10-14(13)2)23-21-11-17(7-8-18(21)22(19)30-23)25(29)28-12-15-3-5-16(6-4-15)24(26)27/h3-11H,12H2,1-2H3,(H3,26,27)(H,28,29). The van der Waals surface area contributed by atoms with Crippen LogP contribution in [0.4, 0.5) is 0 Å². The molecule has 2 bridgehead atoms. The number of aryl methyl sites for hydroxylation is 2. The van der Waals surface area contributed by atoms with Crippen molar-refractivity contribution in [2.75, 3.05) is 0 Å². The lowest BCUT2D eigenvalue weighted by Crippen LogP contribution is -2.22. The van der Waals surface area contributed by atoms with Gasteiger partial charge in [0.15, 0.2) is 0 Å². The van der Waals surface area contributed by atoms with Crippen LogP contribution in [0.5, 0.6) is 0 Å². The number of rotatable bonds is 4. The van der Waals surface area contributed by atoms with Crippen LogP contribution in [-0.4, -0.2) is 11.7 Å². The molecule has 5 nitrogen and oxygen atoms in total. The number of hydrogen-bond acceptors (Lipinski definition) is 3. The molecule has 2 heterocycles. The zero-order valence-corrected chi connectivity index (χ0v) is 16.8. The molecule has 0 radical (unpaired) electrons. The van der Waals surface area contributed by atoms with E-state index in [1.807, 2.05) is 30.3 Å². The largest absolute Gasteiger partial charge is 0.455 e. The Balaban J connectivity index is 1.44. The summed E-state index contributed by atoms with van der Waals surface area (Å²) in [4.78, 5) is 12.7. The average molecular weight is 395 g/mol. The maximum absolute atomic E-state index is 12.7. The number of nitrogens with one attached hydrogen (secondary N) is 2. The van der Waals surface area contributed by atoms with Crippen LogP contribution >= 0.6 is 0 Å². The van der Waals surface area contributed by atoms with Gasteiger partial charge in [-0.05, 0) is 60.9 Å². The van der Waals surface area contributed by atoms with Crippen molar-refractivity contribution in [3.8, 4) is 0 Å². The number of amides is 1. The molecule has 4 N–H and O–H groups in total. The highest BCUT2D eigenvalue weighted by Gasteiger charge is 2.19. The SMILES string of the molecule is Cc1cc2c(cc1C)c1oc2c2ccc(C(=O)NCc3ccc(C(=N)N)cc3)cc21. The van der Waals surface area contributed by atoms with E-state index < -0.39 is 0 Å². The van der Waals surface area contributed by atoms with Crippen molar-refractivity contribution in [2.45, 2.75) is 20.4 Å². The summed E-state index contributed by atoms with van der Waals surface area (Å²) in [5.74, 6) is -0.107. The molecule has 0 aliphatic carbocycles. The number of hydrogen-bond donors (Lipinski definition) is 3. The molecule has 0 spiro atoms. The molecule has 2 aromatic heterocycles. The van der Waals surface area contributed by atoms with Crippen molar-refractivity contribution in [2.24, 2.45) is 5.73 Å². The van der Waals surface area contributed by atoms with Crippen molar-refractivity contribution in [3.63, 3.8) is 0 Å². The summed E-state index contributed by atoms with van der Waals surface area (Å²) >= 11 is 0. The number of amidine groups is 1. The van der Waals surface area contributed by atoms with Gasteiger partial charge in [-0.3, -0.25) is 10.2 Å². The van der Waals surface area contributed by atoms with Crippen LogP contribution in [0.2, 0.25) is 0 Å². The van der Waals surface area contributed by atoms with Crippen molar-refractivity contribution in [1.82, 2.24) is 5.32 Å². The molecule has 0 atom stereocenters. The zero-order valence-electron chi connectivity index (χ0n) is 16.8. The van der Waals surface area contributed by atoms with Gasteiger partial charge in [0.2, 0.25) is 0 Å². The van der Waals surface area contributed by atoms with Crippen LogP contribution < -0.4 is 11.1 Å². The summed E-state index contributed by atoms with van der Waals surface area (Å²) < 4.78 is 6.09. The van der Waals surface area contributed by atoms with E-state index in [4.69, 9.17) is 15.6 Å². The van der Waals surface area contributed by atoms with Gasteiger partial charge in [-0.25, -0.2) is 0 Å². The summed E-state index contributed by atoms with van der Waals surface area (Å²) in [5.41, 5.74) is 11.9. The van der Waals surface area contributed by atoms with Crippen molar-refractivity contribution < 1.29 is 9.21 Å². The lowest BCUT2D eigenvalue weighted by atomic mass is 9.98. The molecule has 148 valence electrons. The minimum atomic E-state index is -0.137. The summed E-state index contributed by atoms with van der Waals surface area (Å²) in [6.07, 6.45) is 0. The maximum atomic E-state index is 12.7. The van der Waals surface area contributed by atoms with E-state index in [1.165, 1.54) is 11.1 Å². The first kappa shape index (κ1) is 18.2. The highest BCUT2D eigenvalue weighted by molar-refractivity contribution is 6.26. The number of fused-ring (bicyclic) bond motifs is 8. The van der Waals surface area contributed by atoms with Gasteiger partial charge in [0, 0.05) is 39.2 Å². The van der Waals surface area contributed by atoms with Gasteiger partial charge < -0.3 is 15.5 Å². The maximum Gasteiger partial charge on any atom is 0.251 e. The molecular weight excluding hydrogens is 374 g/mol. The number of furan rings is 2. The molecule has 30 heavy (non-hydrogen) atoms. The highest BCUT2D eigenvalue weighted by Crippen LogP contribution is 2.41. The topological polar surface area (TPSA) is 92.1 Å². The van der Waals surface area contributed by atoms with Crippen LogP contribution in [0.15, 0.2) is 59.0 Å². The van der Waals surface area contributed by atoms with Crippen LogP contribution in [-0.2, 0) is 6.54 Å². The average Bonchev–Trinajstić information content (AvgIpc) is 3.29. The van der Waals surface area contributed by atoms with E-state index in [2.05, 4.69) is 31.3 Å². The summed E-state index contributed by atoms with van der Waals surface area (Å²) in [6, 6.07) is 17.3. The summed E-state index contributed by atoms with van der Waals surface area (Å²) in [5, 5.41) is 14.6. The Hall–Kier alpha value is -3.86. The summed E-state index contributed by atoms with van der Waals surface area (Å²) in [7, 11) is 0. The minimum Gasteiger partial charge on any atom is -0.455 e. The zero-order chi connectivity index (χ0) is 21.0. The van der Waals surface area contributed by atoms with Crippen molar-refractivity contribution in [1.29, 1.82) is 5.41 Å². The molecular formula is C25H21N3O2. The number of nitrogen functional groups attached to an aromatic ring is 1. The number of nitrogens with two attached hydrogens (primary N) is 1. The predicted octanol–water partition coefficient (Wildman–Crippen LogP) is 5.01. The molecule has 3 aromatic carbocycles. The fourth-order valence-electron chi connectivity index (χ4n) is 3.96. The molecule has 0 aliphatic rings. The molecule has 5 heteroatoms. The Morgan fingerprint density at radius 2 is 1.43 bits per heavy atom. The first-order valence-electron chi connectivity index (χ1n) is 9.82. The normalized spacial score (nSPS) is 11.5. The van der Waals surface area contributed by atoms with Crippen LogP contribution in [0.3, 0.4) is 0 Å². The molecule has 5 rings (SSSR count). The Morgan fingerprint density at radius 1 is 0.867 bits per heavy atom. The Kier molecular flexibility index (Phi) is 4.00. The second-order valence-corrected chi connectivity index (χ2v) is 7.80. The lowest BCUT2D eigenvalue weighted by Gasteiger charge is -2.07. The second-order valence-electron chi connectivity index (χ2n) is 7.80. The fraction of sp³-hybridized carbons (Fsp3) is 0.120. The third-order valence-electron chi connectivity index (χ3n) is 5.82. The van der Waals surface area contributed by atoms with Crippen LogP contribution in [0, 0.1) is 19.3 Å². The molecule has 5 aromatic rings. The smallest absolute Gasteiger partial charge is 0.251 e. The van der Waals surface area contributed by atoms with Gasteiger partial charge in [-0.1, -0.05) is 24.3 Å². The van der Waals surface area contributed by atoms with E-state index in [1.54, 1.807) is 12.1 Å². The lowest BCUT2D eigenvalue weighted by molar-refractivity contribution is 0.0951. The van der Waals surface area contributed by atoms with E-state index in [-0.39, 0.29) is 11.7 Å². The molecule has 0 aliphatic heterocycles. The predicted molar refractivity (Wildman–Crippen MR) is 121 cm³/mol. The van der Waals surface area contributed by atoms with Gasteiger partial charge in [-0.2, -0.15) is 0 Å². The van der Waals surface area contributed by atoms with Crippen molar-refractivity contribution >= 4 is 44.5 Å². The van der Waals surface area contributed by atoms with Gasteiger partial charge in [0.25, 0.3) is 5.91 Å². The minimum absolute atomic E-state index is 0.0301. The monoisotopic (exact) mass is 395 g/mol. The van der Waals surface area contributed by atoms with E-state index in [0.29, 0.717) is 17.7 Å². The van der Waals surface area contributed by atoms with Gasteiger partial charge in [0.1, 0.15) is 17.0 Å². The fourth-order valence-corrected chi connectivity index (χ4v) is 3.96. The van der Waals surface area contributed by atoms with Crippen LogP contribution in [0.25, 0.3) is 32.7 Å². The third-order valence-corrected chi connectivity index (χ3v) is 5.82. The summed E-state index contributed by atoms with van der Waals surface area (Å²) in [6.45, 7) is 4.61. The van der Waals surface area contributed by atoms with Gasteiger partial charge >= 0.3 is 0 Å². The molecule has 0 saturated carbocycles. The van der Waals surface area contributed by atoms with E-state index >= 15 is 0 Å². The first-order valence-corrected chi connectivity index (χ1v) is 9.82. The number of carbonyl (C=O) groups is 1. The van der Waals surface area contributed by atoms with E-state index in [9.17, 15) is 4.79 Å². The molecule has 0 unspecified atom stereocenters. The van der Waals surface area contributed by atoms with Gasteiger partial charge in [-0.15, -0.1) is 0 Å². The third kappa shape index (κ3) is 2.78. The van der Waals surface area contributed by atoms with E-state index in [0.717, 1.165) is 38.3 Å². The Bertz CT molecular complexity index is 1450. The molecule has 0 saturated heterocycles. The number of carbonyl (C=O) groups excluding carboxylic acids is 1. The van der Waals surface area contributed by atoms with Crippen LogP contribution in [0.1, 0.15) is 32.6 Å². The quantitative estimate of drug-likeness (QED) is 0.227. The Morgan fingerprint density at radius 3 is 2.07 bits per heavy atom. The molecule has 0 fully saturated rings. The van der Waals surface area contributed by atoms with Crippen molar-refractivity contribution in [3.05, 3.63) is 82.4 Å². The molecule has 1 amide bonds. The second kappa shape index (κ2) is 6.59. The Labute approximate surface area is 173 Å². The first-order chi connectivity index (χ1) is 14.4. The van der Waals surface area contributed by atoms with Gasteiger partial charge in [0.05, 0.1) is 0 Å². The highest BCUT2D eigenvalue weighted by atomic mass is 16.3. The number of benzene rings is 4.